The van der Waals surface area contributed by atoms with Gasteiger partial charge in [0.15, 0.2) is 0 Å². The molecule has 0 spiro atoms. The monoisotopic (exact) mass is 324 g/mol. The van der Waals surface area contributed by atoms with Gasteiger partial charge in [0.2, 0.25) is 0 Å². The highest BCUT2D eigenvalue weighted by molar-refractivity contribution is 6.35. The molecule has 0 atom stereocenters. The van der Waals surface area contributed by atoms with Crippen molar-refractivity contribution in [1.82, 2.24) is 0 Å². The van der Waals surface area contributed by atoms with E-state index in [1.54, 1.807) is 19.1 Å². The third kappa shape index (κ3) is 3.51. The average molecular weight is 325 g/mol. The Bertz CT molecular complexity index is 732. The Morgan fingerprint density at radius 1 is 1.19 bits per heavy atom. The Morgan fingerprint density at radius 3 is 2.57 bits per heavy atom. The molecule has 2 aromatic rings. The molecule has 1 amide bonds. The molecule has 0 radical (unpaired) electrons. The van der Waals surface area contributed by atoms with Gasteiger partial charge in [-0.25, -0.2) is 0 Å². The molecule has 0 bridgehead atoms. The van der Waals surface area contributed by atoms with Crippen LogP contribution in [-0.2, 0) is 0 Å². The summed E-state index contributed by atoms with van der Waals surface area (Å²) in [6.07, 6.45) is 0. The number of nitrogens with zero attached hydrogens (tertiary/aromatic N) is 1. The van der Waals surface area contributed by atoms with Crippen LogP contribution in [0.1, 0.15) is 15.9 Å². The van der Waals surface area contributed by atoms with Gasteiger partial charge in [-0.1, -0.05) is 29.3 Å². The molecule has 0 saturated carbocycles. The first-order chi connectivity index (χ1) is 9.88. The van der Waals surface area contributed by atoms with Gasteiger partial charge >= 0.3 is 0 Å². The van der Waals surface area contributed by atoms with E-state index in [9.17, 15) is 14.9 Å². The fourth-order valence-corrected chi connectivity index (χ4v) is 2.07. The molecule has 0 aromatic heterocycles. The highest BCUT2D eigenvalue weighted by Crippen LogP contribution is 2.26. The number of aryl methyl sites for hydroxylation is 1. The number of nitrogens with one attached hydrogen (secondary N) is 1. The molecule has 0 aliphatic rings. The van der Waals surface area contributed by atoms with Gasteiger partial charge in [-0.3, -0.25) is 14.9 Å². The van der Waals surface area contributed by atoms with Gasteiger partial charge in [-0.2, -0.15) is 0 Å². The zero-order valence-corrected chi connectivity index (χ0v) is 12.4. The predicted molar refractivity (Wildman–Crippen MR) is 82.2 cm³/mol. The van der Waals surface area contributed by atoms with Gasteiger partial charge in [-0.05, 0) is 31.2 Å². The summed E-state index contributed by atoms with van der Waals surface area (Å²) in [6, 6.07) is 8.91. The fourth-order valence-electron chi connectivity index (χ4n) is 1.74. The lowest BCUT2D eigenvalue weighted by Crippen LogP contribution is -2.12. The molecule has 7 heteroatoms. The molecule has 0 aliphatic heterocycles. The van der Waals surface area contributed by atoms with Gasteiger partial charge in [0.05, 0.1) is 15.6 Å². The summed E-state index contributed by atoms with van der Waals surface area (Å²) in [5, 5.41) is 14.2. The minimum absolute atomic E-state index is 0.111. The first-order valence-corrected chi connectivity index (χ1v) is 6.65. The first kappa shape index (κ1) is 15.3. The Morgan fingerprint density at radius 2 is 1.90 bits per heavy atom. The second-order valence-corrected chi connectivity index (χ2v) is 5.18. The van der Waals surface area contributed by atoms with E-state index in [1.165, 1.54) is 24.3 Å². The molecule has 2 rings (SSSR count). The van der Waals surface area contributed by atoms with Crippen LogP contribution in [0.15, 0.2) is 36.4 Å². The normalized spacial score (nSPS) is 10.2. The standard InChI is InChI=1S/C14H10Cl2N2O3/c1-8-2-3-9(6-13(8)18(20)21)14(19)17-12-7-10(15)4-5-11(12)16/h2-7H,1H3,(H,17,19). The highest BCUT2D eigenvalue weighted by Gasteiger charge is 2.15. The minimum atomic E-state index is -0.529. The number of amides is 1. The maximum Gasteiger partial charge on any atom is 0.273 e. The Balaban J connectivity index is 2.30. The summed E-state index contributed by atoms with van der Waals surface area (Å²) in [5.41, 5.74) is 0.887. The average Bonchev–Trinajstić information content (AvgIpc) is 2.43. The smallest absolute Gasteiger partial charge is 0.273 e. The lowest BCUT2D eigenvalue weighted by Gasteiger charge is -2.08. The molecule has 108 valence electrons. The number of carbonyl (C=O) groups is 1. The van der Waals surface area contributed by atoms with E-state index in [0.717, 1.165) is 0 Å². The number of hydrogen-bond acceptors (Lipinski definition) is 3. The summed E-state index contributed by atoms with van der Waals surface area (Å²) in [4.78, 5) is 22.5. The van der Waals surface area contributed by atoms with Crippen molar-refractivity contribution < 1.29 is 9.72 Å². The van der Waals surface area contributed by atoms with Crippen molar-refractivity contribution >= 4 is 40.5 Å². The quantitative estimate of drug-likeness (QED) is 0.669. The van der Waals surface area contributed by atoms with Crippen LogP contribution in [0, 0.1) is 17.0 Å². The molecular weight excluding hydrogens is 315 g/mol. The van der Waals surface area contributed by atoms with Crippen molar-refractivity contribution in [3.8, 4) is 0 Å². The maximum atomic E-state index is 12.1. The van der Waals surface area contributed by atoms with Crippen molar-refractivity contribution in [3.63, 3.8) is 0 Å². The van der Waals surface area contributed by atoms with Crippen LogP contribution in [0.25, 0.3) is 0 Å². The van der Waals surface area contributed by atoms with Crippen molar-refractivity contribution in [1.29, 1.82) is 0 Å². The van der Waals surface area contributed by atoms with Crippen molar-refractivity contribution in [2.45, 2.75) is 6.92 Å². The summed E-state index contributed by atoms with van der Waals surface area (Å²) in [7, 11) is 0. The van der Waals surface area contributed by atoms with Gasteiger partial charge < -0.3 is 5.32 Å². The number of rotatable bonds is 3. The van der Waals surface area contributed by atoms with Crippen LogP contribution >= 0.6 is 23.2 Å². The first-order valence-electron chi connectivity index (χ1n) is 5.90. The fraction of sp³-hybridized carbons (Fsp3) is 0.0714. The topological polar surface area (TPSA) is 72.2 Å². The Hall–Kier alpha value is -2.11. The third-order valence-corrected chi connectivity index (χ3v) is 3.41. The number of carbonyl (C=O) groups excluding carboxylic acids is 1. The zero-order valence-electron chi connectivity index (χ0n) is 10.9. The minimum Gasteiger partial charge on any atom is -0.321 e. The number of benzene rings is 2. The molecule has 0 fully saturated rings. The number of nitro benzene ring substituents is 1. The largest absolute Gasteiger partial charge is 0.321 e. The number of halogens is 2. The molecule has 2 aromatic carbocycles. The molecule has 1 N–H and O–H groups in total. The SMILES string of the molecule is Cc1ccc(C(=O)Nc2cc(Cl)ccc2Cl)cc1[N+](=O)[O-]. The highest BCUT2D eigenvalue weighted by atomic mass is 35.5. The number of anilines is 1. The molecule has 0 aliphatic carbocycles. The third-order valence-electron chi connectivity index (χ3n) is 2.84. The van der Waals surface area contributed by atoms with E-state index in [4.69, 9.17) is 23.2 Å². The number of hydrogen-bond donors (Lipinski definition) is 1. The second kappa shape index (κ2) is 6.11. The van der Waals surface area contributed by atoms with Gasteiger partial charge in [0.25, 0.3) is 11.6 Å². The van der Waals surface area contributed by atoms with Crippen molar-refractivity contribution in [3.05, 3.63) is 67.7 Å². The van der Waals surface area contributed by atoms with Crippen molar-refractivity contribution in [2.75, 3.05) is 5.32 Å². The molecule has 0 heterocycles. The lowest BCUT2D eigenvalue weighted by molar-refractivity contribution is -0.385. The van der Waals surface area contributed by atoms with Crippen molar-refractivity contribution in [2.24, 2.45) is 0 Å². The van der Waals surface area contributed by atoms with Gasteiger partial charge in [-0.15, -0.1) is 0 Å². The van der Waals surface area contributed by atoms with E-state index in [0.29, 0.717) is 21.3 Å². The van der Waals surface area contributed by atoms with E-state index in [1.807, 2.05) is 0 Å². The molecule has 0 unspecified atom stereocenters. The van der Waals surface area contributed by atoms with E-state index in [2.05, 4.69) is 5.32 Å². The summed E-state index contributed by atoms with van der Waals surface area (Å²) >= 11 is 11.8. The van der Waals surface area contributed by atoms with Crippen LogP contribution in [0.2, 0.25) is 10.0 Å². The van der Waals surface area contributed by atoms with Gasteiger partial charge in [0.1, 0.15) is 0 Å². The van der Waals surface area contributed by atoms with Crippen LogP contribution in [-0.4, -0.2) is 10.8 Å². The predicted octanol–water partition coefficient (Wildman–Crippen LogP) is 4.46. The van der Waals surface area contributed by atoms with Crippen LogP contribution in [0.3, 0.4) is 0 Å². The van der Waals surface area contributed by atoms with Crippen LogP contribution in [0.4, 0.5) is 11.4 Å². The molecular formula is C14H10Cl2N2O3. The Labute approximate surface area is 130 Å². The molecule has 5 nitrogen and oxygen atoms in total. The zero-order chi connectivity index (χ0) is 15.6. The lowest BCUT2D eigenvalue weighted by atomic mass is 10.1. The van der Waals surface area contributed by atoms with Gasteiger partial charge in [0, 0.05) is 22.2 Å². The van der Waals surface area contributed by atoms with E-state index < -0.39 is 10.8 Å². The van der Waals surface area contributed by atoms with Crippen LogP contribution < -0.4 is 5.32 Å². The van der Waals surface area contributed by atoms with E-state index in [-0.39, 0.29) is 11.3 Å². The summed E-state index contributed by atoms with van der Waals surface area (Å²) in [6.45, 7) is 1.60. The second-order valence-electron chi connectivity index (χ2n) is 4.34. The van der Waals surface area contributed by atoms with Crippen LogP contribution in [0.5, 0.6) is 0 Å². The Kier molecular flexibility index (Phi) is 4.45. The summed E-state index contributed by atoms with van der Waals surface area (Å²) < 4.78 is 0. The molecule has 0 saturated heterocycles. The molecule has 21 heavy (non-hydrogen) atoms. The summed E-state index contributed by atoms with van der Waals surface area (Å²) in [5.74, 6) is -0.498. The number of nitro groups is 1. The van der Waals surface area contributed by atoms with E-state index >= 15 is 0 Å². The maximum absolute atomic E-state index is 12.1.